The van der Waals surface area contributed by atoms with Crippen LogP contribution in [0.15, 0.2) is 11.6 Å². The van der Waals surface area contributed by atoms with E-state index in [0.717, 1.165) is 31.1 Å². The van der Waals surface area contributed by atoms with Crippen LogP contribution in [-0.2, 0) is 23.8 Å². The predicted molar refractivity (Wildman–Crippen MR) is 135 cm³/mol. The maximum atomic E-state index is 12.9. The van der Waals surface area contributed by atoms with Gasteiger partial charge >= 0.3 is 5.97 Å². The van der Waals surface area contributed by atoms with Crippen molar-refractivity contribution in [1.82, 2.24) is 0 Å². The molecule has 4 aliphatic carbocycles. The van der Waals surface area contributed by atoms with Crippen molar-refractivity contribution >= 4 is 12.3 Å². The molecule has 3 unspecified atom stereocenters. The van der Waals surface area contributed by atoms with E-state index in [9.17, 15) is 35.1 Å². The summed E-state index contributed by atoms with van der Waals surface area (Å²) in [5.41, 5.74) is -1.64. The van der Waals surface area contributed by atoms with E-state index in [1.807, 2.05) is 6.92 Å². The standard InChI is InChI=1S/C29H42O10/c1-14-23(33)24(34)25(35)26(38-14)39-17-5-8-28(13-30)16(10-17)3-4-19-18(28)6-7-27(2)22(15-9-21(32)37-12-15)20(31)11-29(19,27)36/h9,13-14,16-20,22-26,31,33-36H,3-8,10-12H2,1-2H3/t14?,16?,17-,18-,19+,20-,22-,23-,24?,25-,26-,27+,28+,29-/m0/s1. The summed E-state index contributed by atoms with van der Waals surface area (Å²) >= 11 is 0. The average Bonchev–Trinajstić information content (AvgIpc) is 3.41. The van der Waals surface area contributed by atoms with Gasteiger partial charge in [-0.1, -0.05) is 6.92 Å². The number of aliphatic hydroxyl groups excluding tert-OH is 4. The van der Waals surface area contributed by atoms with Crippen LogP contribution < -0.4 is 0 Å². The minimum Gasteiger partial charge on any atom is -0.458 e. The summed E-state index contributed by atoms with van der Waals surface area (Å²) in [5, 5.41) is 54.1. The Bertz CT molecular complexity index is 1030. The van der Waals surface area contributed by atoms with Crippen molar-refractivity contribution < 1.29 is 49.3 Å². The molecule has 0 radical (unpaired) electrons. The van der Waals surface area contributed by atoms with Crippen LogP contribution in [0.1, 0.15) is 65.2 Å². The molecule has 218 valence electrons. The minimum atomic E-state index is -1.37. The van der Waals surface area contributed by atoms with E-state index in [0.29, 0.717) is 25.7 Å². The summed E-state index contributed by atoms with van der Waals surface area (Å²) in [5.74, 6) is -0.892. The summed E-state index contributed by atoms with van der Waals surface area (Å²) in [4.78, 5) is 24.7. The fraction of sp³-hybridized carbons (Fsp3) is 0.862. The normalized spacial score (nSPS) is 55.2. The summed E-state index contributed by atoms with van der Waals surface area (Å²) < 4.78 is 16.9. The van der Waals surface area contributed by atoms with Gasteiger partial charge in [0.1, 0.15) is 31.2 Å². The molecule has 0 aromatic carbocycles. The molecule has 0 bridgehead atoms. The number of aliphatic hydroxyl groups is 5. The van der Waals surface area contributed by atoms with Gasteiger partial charge in [-0.3, -0.25) is 0 Å². The summed E-state index contributed by atoms with van der Waals surface area (Å²) in [6, 6.07) is 0. The molecule has 0 aromatic heterocycles. The number of carbonyl (C=O) groups is 2. The number of esters is 1. The number of ether oxygens (including phenoxy) is 3. The van der Waals surface area contributed by atoms with Crippen molar-refractivity contribution in [1.29, 1.82) is 0 Å². The van der Waals surface area contributed by atoms with Gasteiger partial charge < -0.3 is 44.5 Å². The number of aldehydes is 1. The fourth-order valence-electron chi connectivity index (χ4n) is 9.82. The zero-order chi connectivity index (χ0) is 27.9. The third-order valence-electron chi connectivity index (χ3n) is 11.8. The van der Waals surface area contributed by atoms with E-state index >= 15 is 0 Å². The van der Waals surface area contributed by atoms with Gasteiger partial charge in [0.15, 0.2) is 6.29 Å². The Morgan fingerprint density at radius 1 is 1.03 bits per heavy atom. The Morgan fingerprint density at radius 3 is 2.49 bits per heavy atom. The monoisotopic (exact) mass is 550 g/mol. The average molecular weight is 551 g/mol. The van der Waals surface area contributed by atoms with E-state index in [2.05, 4.69) is 0 Å². The fourth-order valence-corrected chi connectivity index (χ4v) is 9.82. The lowest BCUT2D eigenvalue weighted by molar-refractivity contribution is -0.309. The Balaban J connectivity index is 1.21. The number of cyclic esters (lactones) is 1. The van der Waals surface area contributed by atoms with Crippen LogP contribution in [-0.4, -0.2) is 92.9 Å². The first-order valence-corrected chi connectivity index (χ1v) is 14.5. The number of rotatable bonds is 4. The Kier molecular flexibility index (Phi) is 6.81. The third kappa shape index (κ3) is 3.93. The zero-order valence-corrected chi connectivity index (χ0v) is 22.6. The maximum absolute atomic E-state index is 12.9. The van der Waals surface area contributed by atoms with E-state index in [-0.39, 0.29) is 42.8 Å². The molecule has 4 saturated carbocycles. The summed E-state index contributed by atoms with van der Waals surface area (Å²) in [7, 11) is 0. The molecule has 2 aliphatic heterocycles. The first kappa shape index (κ1) is 27.8. The highest BCUT2D eigenvalue weighted by atomic mass is 16.7. The molecule has 2 heterocycles. The predicted octanol–water partition coefficient (Wildman–Crippen LogP) is 0.606. The highest BCUT2D eigenvalue weighted by Gasteiger charge is 2.70. The quantitative estimate of drug-likeness (QED) is 0.190. The molecule has 1 saturated heterocycles. The largest absolute Gasteiger partial charge is 0.458 e. The molecule has 6 rings (SSSR count). The molecule has 0 spiro atoms. The van der Waals surface area contributed by atoms with Crippen molar-refractivity contribution in [2.45, 2.75) is 114 Å². The lowest BCUT2D eigenvalue weighted by Gasteiger charge is -2.63. The van der Waals surface area contributed by atoms with E-state index in [1.54, 1.807) is 6.92 Å². The van der Waals surface area contributed by atoms with E-state index < -0.39 is 59.2 Å². The lowest BCUT2D eigenvalue weighted by Crippen LogP contribution is -2.63. The molecule has 6 aliphatic rings. The van der Waals surface area contributed by atoms with Gasteiger partial charge in [0, 0.05) is 29.2 Å². The SMILES string of the molecule is CC1O[C@@H](O[C@H]2CC[C@@]3(C=O)C(CC[C@@H]4[C@@H]3CC[C@]3(C)[C@@H](C5=CC(=O)OC5)[C@@H](O)C[C@]43O)C2)[C@@H](O)C(O)[C@H]1O. The second-order valence-electron chi connectivity index (χ2n) is 13.4. The van der Waals surface area contributed by atoms with Gasteiger partial charge in [-0.25, -0.2) is 4.79 Å². The number of fused-ring (bicyclic) bond motifs is 5. The van der Waals surface area contributed by atoms with Crippen molar-refractivity contribution in [3.05, 3.63) is 11.6 Å². The van der Waals surface area contributed by atoms with Crippen molar-refractivity contribution in [2.24, 2.45) is 34.5 Å². The Labute approximate surface area is 228 Å². The zero-order valence-electron chi connectivity index (χ0n) is 22.6. The van der Waals surface area contributed by atoms with Gasteiger partial charge in [-0.2, -0.15) is 0 Å². The van der Waals surface area contributed by atoms with Crippen molar-refractivity contribution in [2.75, 3.05) is 6.61 Å². The maximum Gasteiger partial charge on any atom is 0.331 e. The number of hydrogen-bond acceptors (Lipinski definition) is 10. The topological polar surface area (TPSA) is 163 Å². The molecule has 5 N–H and O–H groups in total. The molecular formula is C29H42O10. The van der Waals surface area contributed by atoms with Gasteiger partial charge in [0.25, 0.3) is 0 Å². The van der Waals surface area contributed by atoms with Gasteiger partial charge in [0.2, 0.25) is 0 Å². The molecule has 10 heteroatoms. The summed E-state index contributed by atoms with van der Waals surface area (Å²) in [6.07, 6.45) is 0.686. The highest BCUT2D eigenvalue weighted by Crippen LogP contribution is 2.69. The van der Waals surface area contributed by atoms with E-state index in [4.69, 9.17) is 14.2 Å². The first-order valence-electron chi connectivity index (χ1n) is 14.5. The molecule has 39 heavy (non-hydrogen) atoms. The Hall–Kier alpha value is -1.40. The van der Waals surface area contributed by atoms with Gasteiger partial charge in [-0.15, -0.1) is 0 Å². The second kappa shape index (κ2) is 9.58. The number of hydrogen-bond donors (Lipinski definition) is 5. The third-order valence-corrected chi connectivity index (χ3v) is 11.8. The number of carbonyl (C=O) groups excluding carboxylic acids is 2. The molecule has 0 amide bonds. The smallest absolute Gasteiger partial charge is 0.331 e. The van der Waals surface area contributed by atoms with Crippen LogP contribution in [0.25, 0.3) is 0 Å². The minimum absolute atomic E-state index is 0.0253. The highest BCUT2D eigenvalue weighted by molar-refractivity contribution is 5.85. The first-order chi connectivity index (χ1) is 18.4. The van der Waals surface area contributed by atoms with Crippen LogP contribution in [0.2, 0.25) is 0 Å². The van der Waals surface area contributed by atoms with E-state index in [1.165, 1.54) is 6.08 Å². The Morgan fingerprint density at radius 2 is 1.79 bits per heavy atom. The van der Waals surface area contributed by atoms with Crippen LogP contribution in [0.3, 0.4) is 0 Å². The molecule has 5 fully saturated rings. The summed E-state index contributed by atoms with van der Waals surface area (Å²) in [6.45, 7) is 3.80. The van der Waals surface area contributed by atoms with Crippen LogP contribution in [0.5, 0.6) is 0 Å². The van der Waals surface area contributed by atoms with Crippen LogP contribution in [0.4, 0.5) is 0 Å². The van der Waals surface area contributed by atoms with Gasteiger partial charge in [-0.05, 0) is 75.2 Å². The van der Waals surface area contributed by atoms with Crippen molar-refractivity contribution in [3.8, 4) is 0 Å². The molecule has 10 nitrogen and oxygen atoms in total. The molecule has 0 aromatic rings. The lowest BCUT2D eigenvalue weighted by atomic mass is 9.43. The van der Waals surface area contributed by atoms with Crippen LogP contribution in [0, 0.1) is 34.5 Å². The van der Waals surface area contributed by atoms with Gasteiger partial charge in [0.05, 0.1) is 23.9 Å². The molecule has 14 atom stereocenters. The van der Waals surface area contributed by atoms with Crippen molar-refractivity contribution in [3.63, 3.8) is 0 Å². The molecular weight excluding hydrogens is 508 g/mol. The van der Waals surface area contributed by atoms with Crippen LogP contribution >= 0.6 is 0 Å². The second-order valence-corrected chi connectivity index (χ2v) is 13.4.